The first kappa shape index (κ1) is 13.9. The summed E-state index contributed by atoms with van der Waals surface area (Å²) in [4.78, 5) is 22.1. The van der Waals surface area contributed by atoms with Crippen LogP contribution in [0, 0.1) is 10.1 Å². The van der Waals surface area contributed by atoms with Crippen LogP contribution in [0.1, 0.15) is 16.2 Å². The van der Waals surface area contributed by atoms with Gasteiger partial charge in [-0.25, -0.2) is 0 Å². The second-order valence-corrected chi connectivity index (χ2v) is 4.37. The SMILES string of the molecule is Cn1cnnc1CNC(=O)c1cc([N+](=O)[O-])ccc1Cl. The van der Waals surface area contributed by atoms with Gasteiger partial charge in [0, 0.05) is 19.2 Å². The van der Waals surface area contributed by atoms with Gasteiger partial charge in [-0.3, -0.25) is 14.9 Å². The van der Waals surface area contributed by atoms with Crippen LogP contribution in [0.2, 0.25) is 5.02 Å². The smallest absolute Gasteiger partial charge is 0.270 e. The molecule has 20 heavy (non-hydrogen) atoms. The highest BCUT2D eigenvalue weighted by molar-refractivity contribution is 6.33. The predicted octanol–water partition coefficient (Wildman–Crippen LogP) is 1.31. The molecule has 0 radical (unpaired) electrons. The third-order valence-electron chi connectivity index (χ3n) is 2.62. The van der Waals surface area contributed by atoms with Crippen molar-refractivity contribution in [2.75, 3.05) is 0 Å². The number of benzene rings is 1. The van der Waals surface area contributed by atoms with E-state index in [1.54, 1.807) is 11.6 Å². The molecule has 8 nitrogen and oxygen atoms in total. The molecule has 0 saturated heterocycles. The molecule has 104 valence electrons. The lowest BCUT2D eigenvalue weighted by Crippen LogP contribution is -2.24. The van der Waals surface area contributed by atoms with Gasteiger partial charge in [-0.2, -0.15) is 0 Å². The van der Waals surface area contributed by atoms with E-state index in [1.807, 2.05) is 0 Å². The lowest BCUT2D eigenvalue weighted by atomic mass is 10.2. The molecule has 0 aliphatic carbocycles. The normalized spacial score (nSPS) is 10.3. The van der Waals surface area contributed by atoms with Gasteiger partial charge in [-0.1, -0.05) is 11.6 Å². The van der Waals surface area contributed by atoms with Gasteiger partial charge < -0.3 is 9.88 Å². The van der Waals surface area contributed by atoms with E-state index in [9.17, 15) is 14.9 Å². The summed E-state index contributed by atoms with van der Waals surface area (Å²) in [6.07, 6.45) is 1.50. The number of nitro groups is 1. The molecule has 0 atom stereocenters. The van der Waals surface area contributed by atoms with Gasteiger partial charge in [0.2, 0.25) is 0 Å². The fraction of sp³-hybridized carbons (Fsp3) is 0.182. The zero-order chi connectivity index (χ0) is 14.7. The van der Waals surface area contributed by atoms with Gasteiger partial charge in [-0.15, -0.1) is 10.2 Å². The van der Waals surface area contributed by atoms with Crippen LogP contribution in [0.3, 0.4) is 0 Å². The molecule has 1 aromatic heterocycles. The van der Waals surface area contributed by atoms with Crippen LogP contribution in [-0.4, -0.2) is 25.6 Å². The predicted molar refractivity (Wildman–Crippen MR) is 70.3 cm³/mol. The zero-order valence-corrected chi connectivity index (χ0v) is 11.2. The van der Waals surface area contributed by atoms with Crippen LogP contribution in [-0.2, 0) is 13.6 Å². The molecule has 1 amide bonds. The number of hydrogen-bond acceptors (Lipinski definition) is 5. The Morgan fingerprint density at radius 2 is 2.30 bits per heavy atom. The summed E-state index contributed by atoms with van der Waals surface area (Å²) < 4.78 is 1.65. The van der Waals surface area contributed by atoms with Crippen molar-refractivity contribution in [1.29, 1.82) is 0 Å². The number of carbonyl (C=O) groups is 1. The maximum Gasteiger partial charge on any atom is 0.270 e. The van der Waals surface area contributed by atoms with Crippen LogP contribution in [0.15, 0.2) is 24.5 Å². The summed E-state index contributed by atoms with van der Waals surface area (Å²) >= 11 is 5.87. The van der Waals surface area contributed by atoms with Crippen LogP contribution in [0.4, 0.5) is 5.69 Å². The lowest BCUT2D eigenvalue weighted by molar-refractivity contribution is -0.384. The first-order valence-corrected chi connectivity index (χ1v) is 5.92. The molecule has 1 aromatic carbocycles. The molecule has 1 heterocycles. The Morgan fingerprint density at radius 3 is 2.90 bits per heavy atom. The van der Waals surface area contributed by atoms with Gasteiger partial charge in [0.05, 0.1) is 22.1 Å². The van der Waals surface area contributed by atoms with Gasteiger partial charge in [0.25, 0.3) is 11.6 Å². The van der Waals surface area contributed by atoms with E-state index in [1.165, 1.54) is 18.5 Å². The number of halogens is 1. The molecule has 2 aromatic rings. The fourth-order valence-electron chi connectivity index (χ4n) is 1.52. The topological polar surface area (TPSA) is 103 Å². The van der Waals surface area contributed by atoms with E-state index in [0.717, 1.165) is 6.07 Å². The van der Waals surface area contributed by atoms with Crippen molar-refractivity contribution in [3.8, 4) is 0 Å². The molecule has 0 fully saturated rings. The standard InChI is InChI=1S/C11H10ClN5O3/c1-16-6-14-15-10(16)5-13-11(18)8-4-7(17(19)20)2-3-9(8)12/h2-4,6H,5H2,1H3,(H,13,18). The summed E-state index contributed by atoms with van der Waals surface area (Å²) in [5.41, 5.74) is -0.152. The summed E-state index contributed by atoms with van der Waals surface area (Å²) in [6, 6.07) is 3.69. The molecule has 0 aliphatic rings. The van der Waals surface area contributed by atoms with Crippen LogP contribution < -0.4 is 5.32 Å². The van der Waals surface area contributed by atoms with Crippen LogP contribution in [0.25, 0.3) is 0 Å². The average Bonchev–Trinajstić information content (AvgIpc) is 2.81. The number of amides is 1. The fourth-order valence-corrected chi connectivity index (χ4v) is 1.73. The van der Waals surface area contributed by atoms with Crippen molar-refractivity contribution in [2.45, 2.75) is 6.54 Å². The number of carbonyl (C=O) groups excluding carboxylic acids is 1. The van der Waals surface area contributed by atoms with Gasteiger partial charge >= 0.3 is 0 Å². The highest BCUT2D eigenvalue weighted by Crippen LogP contribution is 2.21. The number of aromatic nitrogens is 3. The summed E-state index contributed by atoms with van der Waals surface area (Å²) in [5, 5.41) is 20.9. The second kappa shape index (κ2) is 5.66. The molecular weight excluding hydrogens is 286 g/mol. The first-order chi connectivity index (χ1) is 9.49. The molecule has 0 spiro atoms. The number of nitro benzene ring substituents is 1. The summed E-state index contributed by atoms with van der Waals surface area (Å²) in [6.45, 7) is 0.147. The highest BCUT2D eigenvalue weighted by atomic mass is 35.5. The molecule has 0 bridgehead atoms. The Bertz CT molecular complexity index is 670. The minimum Gasteiger partial charge on any atom is -0.345 e. The van der Waals surface area contributed by atoms with Crippen LogP contribution in [0.5, 0.6) is 0 Å². The Labute approximate surface area is 118 Å². The van der Waals surface area contributed by atoms with Crippen molar-refractivity contribution >= 4 is 23.2 Å². The van der Waals surface area contributed by atoms with E-state index in [-0.39, 0.29) is 22.8 Å². The van der Waals surface area contributed by atoms with E-state index in [4.69, 9.17) is 11.6 Å². The molecule has 9 heteroatoms. The van der Waals surface area contributed by atoms with Crippen LogP contribution >= 0.6 is 11.6 Å². The van der Waals surface area contributed by atoms with Crippen molar-refractivity contribution < 1.29 is 9.72 Å². The molecular formula is C11H10ClN5O3. The number of rotatable bonds is 4. The molecule has 1 N–H and O–H groups in total. The molecule has 2 rings (SSSR count). The van der Waals surface area contributed by atoms with Crippen molar-refractivity contribution in [3.05, 3.63) is 51.1 Å². The third-order valence-corrected chi connectivity index (χ3v) is 2.95. The second-order valence-electron chi connectivity index (χ2n) is 3.96. The monoisotopic (exact) mass is 295 g/mol. The highest BCUT2D eigenvalue weighted by Gasteiger charge is 2.16. The lowest BCUT2D eigenvalue weighted by Gasteiger charge is -2.06. The van der Waals surface area contributed by atoms with Gasteiger partial charge in [0.1, 0.15) is 6.33 Å². The minimum atomic E-state index is -0.588. The van der Waals surface area contributed by atoms with Crippen molar-refractivity contribution in [3.63, 3.8) is 0 Å². The zero-order valence-electron chi connectivity index (χ0n) is 10.4. The largest absolute Gasteiger partial charge is 0.345 e. The van der Waals surface area contributed by atoms with E-state index in [0.29, 0.717) is 5.82 Å². The van der Waals surface area contributed by atoms with Gasteiger partial charge in [-0.05, 0) is 6.07 Å². The Hall–Kier alpha value is -2.48. The number of hydrogen-bond donors (Lipinski definition) is 1. The minimum absolute atomic E-state index is 0.0445. The number of aryl methyl sites for hydroxylation is 1. The summed E-state index contributed by atoms with van der Waals surface area (Å²) in [5.74, 6) is 0.0432. The Kier molecular flexibility index (Phi) is 3.94. The van der Waals surface area contributed by atoms with Crippen molar-refractivity contribution in [1.82, 2.24) is 20.1 Å². The average molecular weight is 296 g/mol. The Balaban J connectivity index is 2.15. The number of non-ortho nitro benzene ring substituents is 1. The van der Waals surface area contributed by atoms with E-state index < -0.39 is 10.8 Å². The summed E-state index contributed by atoms with van der Waals surface area (Å²) in [7, 11) is 1.74. The van der Waals surface area contributed by atoms with E-state index in [2.05, 4.69) is 15.5 Å². The number of nitrogens with zero attached hydrogens (tertiary/aromatic N) is 4. The van der Waals surface area contributed by atoms with Crippen molar-refractivity contribution in [2.24, 2.45) is 7.05 Å². The van der Waals surface area contributed by atoms with E-state index >= 15 is 0 Å². The maximum atomic E-state index is 12.0. The molecule has 0 unspecified atom stereocenters. The molecule has 0 saturated carbocycles. The quantitative estimate of drug-likeness (QED) is 0.676. The first-order valence-electron chi connectivity index (χ1n) is 5.54. The Morgan fingerprint density at radius 1 is 1.55 bits per heavy atom. The maximum absolute atomic E-state index is 12.0. The number of nitrogens with one attached hydrogen (secondary N) is 1. The molecule has 0 aliphatic heterocycles. The third kappa shape index (κ3) is 2.91. The van der Waals surface area contributed by atoms with Gasteiger partial charge in [0.15, 0.2) is 5.82 Å².